The molecular formula is C10H14N4O2S. The lowest BCUT2D eigenvalue weighted by molar-refractivity contribution is -0.140. The van der Waals surface area contributed by atoms with E-state index in [2.05, 4.69) is 9.97 Å². The van der Waals surface area contributed by atoms with E-state index in [-0.39, 0.29) is 11.2 Å². The van der Waals surface area contributed by atoms with Crippen molar-refractivity contribution in [2.24, 2.45) is 5.92 Å². The van der Waals surface area contributed by atoms with Gasteiger partial charge in [0.05, 0.1) is 7.11 Å². The van der Waals surface area contributed by atoms with Crippen LogP contribution in [0.25, 0.3) is 0 Å². The number of nitrogens with zero attached hydrogens (tertiary/aromatic N) is 2. The second-order valence-electron chi connectivity index (χ2n) is 3.90. The van der Waals surface area contributed by atoms with Crippen LogP contribution in [0.2, 0.25) is 0 Å². The Morgan fingerprint density at radius 3 is 2.53 bits per heavy atom. The predicted octanol–water partition coefficient (Wildman–Crippen LogP) is 0.685. The maximum absolute atomic E-state index is 11.6. The Balaban J connectivity index is 2.14. The molecule has 1 aromatic rings. The van der Waals surface area contributed by atoms with Crippen LogP contribution >= 0.6 is 11.8 Å². The fourth-order valence-electron chi connectivity index (χ4n) is 1.48. The summed E-state index contributed by atoms with van der Waals surface area (Å²) in [4.78, 5) is 19.7. The number of hydrogen-bond donors (Lipinski definition) is 2. The number of nitrogen functional groups attached to an aromatic ring is 2. The van der Waals surface area contributed by atoms with Crippen LogP contribution in [0.15, 0.2) is 11.2 Å². The van der Waals surface area contributed by atoms with Gasteiger partial charge in [-0.2, -0.15) is 0 Å². The van der Waals surface area contributed by atoms with E-state index in [4.69, 9.17) is 16.2 Å². The van der Waals surface area contributed by atoms with E-state index in [1.165, 1.54) is 24.9 Å². The number of carbonyl (C=O) groups excluding carboxylic acids is 1. The van der Waals surface area contributed by atoms with Crippen LogP contribution in [0.5, 0.6) is 0 Å². The van der Waals surface area contributed by atoms with Crippen LogP contribution in [0.4, 0.5) is 11.6 Å². The first kappa shape index (κ1) is 12.0. The number of aromatic nitrogens is 2. The monoisotopic (exact) mass is 254 g/mol. The summed E-state index contributed by atoms with van der Waals surface area (Å²) < 4.78 is 4.77. The molecule has 1 unspecified atom stereocenters. The lowest BCUT2D eigenvalue weighted by Crippen LogP contribution is -2.21. The molecule has 0 saturated heterocycles. The molecular weight excluding hydrogens is 240 g/mol. The third kappa shape index (κ3) is 3.00. The number of carbonyl (C=O) groups is 1. The van der Waals surface area contributed by atoms with Gasteiger partial charge in [0.2, 0.25) is 0 Å². The summed E-state index contributed by atoms with van der Waals surface area (Å²) in [6.07, 6.45) is 2.06. The van der Waals surface area contributed by atoms with Gasteiger partial charge in [-0.05, 0) is 18.8 Å². The van der Waals surface area contributed by atoms with Crippen LogP contribution in [0.3, 0.4) is 0 Å². The van der Waals surface area contributed by atoms with Crippen molar-refractivity contribution in [3.63, 3.8) is 0 Å². The van der Waals surface area contributed by atoms with E-state index >= 15 is 0 Å². The molecule has 7 heteroatoms. The molecule has 0 spiro atoms. The number of rotatable bonds is 4. The van der Waals surface area contributed by atoms with Gasteiger partial charge in [-0.1, -0.05) is 11.8 Å². The average molecular weight is 254 g/mol. The second kappa shape index (κ2) is 4.79. The minimum absolute atomic E-state index is 0.248. The molecule has 0 aromatic carbocycles. The number of ether oxygens (including phenoxy) is 1. The second-order valence-corrected chi connectivity index (χ2v) is 5.01. The zero-order chi connectivity index (χ0) is 12.4. The number of thioether (sulfide) groups is 1. The number of anilines is 2. The zero-order valence-electron chi connectivity index (χ0n) is 9.42. The smallest absolute Gasteiger partial charge is 0.319 e. The highest BCUT2D eigenvalue weighted by Gasteiger charge is 2.38. The Morgan fingerprint density at radius 2 is 2.06 bits per heavy atom. The van der Waals surface area contributed by atoms with Crippen LogP contribution in [0.1, 0.15) is 12.8 Å². The van der Waals surface area contributed by atoms with E-state index in [0.29, 0.717) is 22.7 Å². The Labute approximate surface area is 103 Å². The molecule has 1 fully saturated rings. The van der Waals surface area contributed by atoms with Crippen molar-refractivity contribution >= 4 is 29.4 Å². The molecule has 1 aliphatic carbocycles. The third-order valence-electron chi connectivity index (χ3n) is 2.46. The van der Waals surface area contributed by atoms with Gasteiger partial charge in [0.15, 0.2) is 5.16 Å². The molecule has 1 aliphatic rings. The Kier molecular flexibility index (Phi) is 3.37. The van der Waals surface area contributed by atoms with Crippen molar-refractivity contribution in [1.82, 2.24) is 9.97 Å². The SMILES string of the molecule is COC(=O)C(Sc1nc(N)cc(N)n1)C1CC1. The van der Waals surface area contributed by atoms with Gasteiger partial charge in [-0.25, -0.2) is 9.97 Å². The van der Waals surface area contributed by atoms with Crippen molar-refractivity contribution in [2.45, 2.75) is 23.2 Å². The molecule has 6 nitrogen and oxygen atoms in total. The average Bonchev–Trinajstić information content (AvgIpc) is 3.07. The van der Waals surface area contributed by atoms with Crippen molar-refractivity contribution in [3.05, 3.63) is 6.07 Å². The minimum Gasteiger partial charge on any atom is -0.468 e. The van der Waals surface area contributed by atoms with Crippen LogP contribution in [-0.4, -0.2) is 28.3 Å². The predicted molar refractivity (Wildman–Crippen MR) is 65.2 cm³/mol. The summed E-state index contributed by atoms with van der Waals surface area (Å²) in [6.45, 7) is 0. The molecule has 4 N–H and O–H groups in total. The lowest BCUT2D eigenvalue weighted by atomic mass is 10.3. The summed E-state index contributed by atoms with van der Waals surface area (Å²) in [5.74, 6) is 0.708. The summed E-state index contributed by atoms with van der Waals surface area (Å²) in [7, 11) is 1.38. The Hall–Kier alpha value is -1.50. The topological polar surface area (TPSA) is 104 Å². The molecule has 0 bridgehead atoms. The van der Waals surface area contributed by atoms with Crippen molar-refractivity contribution in [1.29, 1.82) is 0 Å². The summed E-state index contributed by atoms with van der Waals surface area (Å²) >= 11 is 1.26. The molecule has 0 aliphatic heterocycles. The Bertz CT molecular complexity index is 416. The summed E-state index contributed by atoms with van der Waals surface area (Å²) in [6, 6.07) is 1.48. The fourth-order valence-corrected chi connectivity index (χ4v) is 2.68. The highest BCUT2D eigenvalue weighted by Crippen LogP contribution is 2.41. The molecule has 17 heavy (non-hydrogen) atoms. The molecule has 2 rings (SSSR count). The van der Waals surface area contributed by atoms with E-state index in [1.54, 1.807) is 0 Å². The van der Waals surface area contributed by atoms with E-state index in [9.17, 15) is 4.79 Å². The first-order valence-electron chi connectivity index (χ1n) is 5.24. The van der Waals surface area contributed by atoms with Crippen molar-refractivity contribution < 1.29 is 9.53 Å². The van der Waals surface area contributed by atoms with Crippen LogP contribution in [-0.2, 0) is 9.53 Å². The maximum Gasteiger partial charge on any atom is 0.319 e. The summed E-state index contributed by atoms with van der Waals surface area (Å²) in [5, 5.41) is 0.158. The number of methoxy groups -OCH3 is 1. The normalized spacial score (nSPS) is 16.5. The minimum atomic E-state index is -0.263. The molecule has 0 radical (unpaired) electrons. The summed E-state index contributed by atoms with van der Waals surface area (Å²) in [5.41, 5.74) is 11.1. The highest BCUT2D eigenvalue weighted by molar-refractivity contribution is 8.00. The first-order chi connectivity index (χ1) is 8.10. The van der Waals surface area contributed by atoms with Gasteiger partial charge in [0.1, 0.15) is 16.9 Å². The lowest BCUT2D eigenvalue weighted by Gasteiger charge is -2.12. The van der Waals surface area contributed by atoms with Crippen LogP contribution < -0.4 is 11.5 Å². The fraction of sp³-hybridized carbons (Fsp3) is 0.500. The molecule has 1 heterocycles. The molecule has 92 valence electrons. The quantitative estimate of drug-likeness (QED) is 0.462. The van der Waals surface area contributed by atoms with Gasteiger partial charge >= 0.3 is 5.97 Å². The van der Waals surface area contributed by atoms with Crippen LogP contribution in [0, 0.1) is 5.92 Å². The highest BCUT2D eigenvalue weighted by atomic mass is 32.2. The van der Waals surface area contributed by atoms with E-state index in [1.807, 2.05) is 0 Å². The first-order valence-corrected chi connectivity index (χ1v) is 6.12. The number of esters is 1. The molecule has 1 saturated carbocycles. The Morgan fingerprint density at radius 1 is 1.47 bits per heavy atom. The van der Waals surface area contributed by atoms with Gasteiger partial charge in [0.25, 0.3) is 0 Å². The van der Waals surface area contributed by atoms with Crippen molar-refractivity contribution in [3.8, 4) is 0 Å². The zero-order valence-corrected chi connectivity index (χ0v) is 10.2. The number of hydrogen-bond acceptors (Lipinski definition) is 7. The third-order valence-corrected chi connectivity index (χ3v) is 3.69. The van der Waals surface area contributed by atoms with Gasteiger partial charge < -0.3 is 16.2 Å². The largest absolute Gasteiger partial charge is 0.468 e. The van der Waals surface area contributed by atoms with E-state index < -0.39 is 0 Å². The van der Waals surface area contributed by atoms with E-state index in [0.717, 1.165) is 12.8 Å². The molecule has 1 aromatic heterocycles. The van der Waals surface area contributed by atoms with Gasteiger partial charge in [0, 0.05) is 6.07 Å². The standard InChI is InChI=1S/C10H14N4O2S/c1-16-9(15)8(5-2-3-5)17-10-13-6(11)4-7(12)14-10/h4-5,8H,2-3H2,1H3,(H4,11,12,13,14). The van der Waals surface area contributed by atoms with Gasteiger partial charge in [-0.3, -0.25) is 4.79 Å². The van der Waals surface area contributed by atoms with Crippen molar-refractivity contribution in [2.75, 3.05) is 18.6 Å². The number of nitrogens with two attached hydrogens (primary N) is 2. The maximum atomic E-state index is 11.6. The molecule has 0 amide bonds. The molecule has 1 atom stereocenters. The van der Waals surface area contributed by atoms with Gasteiger partial charge in [-0.15, -0.1) is 0 Å².